The second-order valence-electron chi connectivity index (χ2n) is 7.13. The molecule has 1 saturated heterocycles. The van der Waals surface area contributed by atoms with Crippen LogP contribution in [0.4, 0.5) is 11.0 Å². The Hall–Kier alpha value is -3.09. The molecule has 1 aliphatic rings. The van der Waals surface area contributed by atoms with Crippen LogP contribution < -0.4 is 4.90 Å². The summed E-state index contributed by atoms with van der Waals surface area (Å²) in [5.74, 6) is -2.40. The van der Waals surface area contributed by atoms with E-state index in [2.05, 4.69) is 20.9 Å². The lowest BCUT2D eigenvalue weighted by Gasteiger charge is -2.22. The van der Waals surface area contributed by atoms with Gasteiger partial charge in [0.2, 0.25) is 5.76 Å². The smallest absolute Gasteiger partial charge is 0.433 e. The second-order valence-corrected chi connectivity index (χ2v) is 8.88. The molecule has 2 aromatic heterocycles. The van der Waals surface area contributed by atoms with Crippen molar-refractivity contribution in [2.75, 3.05) is 24.7 Å². The molecule has 172 valence electrons. The van der Waals surface area contributed by atoms with Crippen molar-refractivity contribution in [3.05, 3.63) is 62.1 Å². The van der Waals surface area contributed by atoms with Crippen molar-refractivity contribution in [2.24, 2.45) is 0 Å². The van der Waals surface area contributed by atoms with E-state index < -0.39 is 29.3 Å². The number of carbonyl (C=O) groups excluding carboxylic acids is 2. The minimum atomic E-state index is -0.969. The number of amides is 1. The standard InChI is InChI=1S/C21H18BrN3O7S/c22-14-5-3-13(4-6-14)16-12-33-21(23-16)24(10-15-2-1-9-30-15)18(26)11-31-20(27)17-7-8-19(32-17)25(28)29/h3-8,12,15H,1-2,9-11H2/t15-/m1/s1. The van der Waals surface area contributed by atoms with Crippen LogP contribution >= 0.6 is 27.3 Å². The molecule has 0 saturated carbocycles. The molecule has 1 atom stereocenters. The van der Waals surface area contributed by atoms with Crippen molar-refractivity contribution in [2.45, 2.75) is 18.9 Å². The zero-order chi connectivity index (χ0) is 23.4. The van der Waals surface area contributed by atoms with Gasteiger partial charge in [-0.3, -0.25) is 19.8 Å². The maximum atomic E-state index is 13.0. The minimum Gasteiger partial charge on any atom is -0.450 e. The van der Waals surface area contributed by atoms with E-state index in [0.29, 0.717) is 17.4 Å². The molecule has 1 aromatic carbocycles. The van der Waals surface area contributed by atoms with Crippen molar-refractivity contribution < 1.29 is 28.4 Å². The second kappa shape index (κ2) is 10.2. The summed E-state index contributed by atoms with van der Waals surface area (Å²) < 4.78 is 16.5. The molecule has 10 nitrogen and oxygen atoms in total. The minimum absolute atomic E-state index is 0.141. The number of nitrogens with zero attached hydrogens (tertiary/aromatic N) is 3. The van der Waals surface area contributed by atoms with Crippen molar-refractivity contribution in [1.82, 2.24) is 4.98 Å². The van der Waals surface area contributed by atoms with Crippen LogP contribution in [-0.4, -0.2) is 47.6 Å². The number of furan rings is 1. The number of nitro groups is 1. The summed E-state index contributed by atoms with van der Waals surface area (Å²) >= 11 is 4.70. The van der Waals surface area contributed by atoms with Crippen molar-refractivity contribution in [3.63, 3.8) is 0 Å². The highest BCUT2D eigenvalue weighted by molar-refractivity contribution is 9.10. The first-order valence-corrected chi connectivity index (χ1v) is 11.6. The van der Waals surface area contributed by atoms with Crippen LogP contribution in [0.25, 0.3) is 11.3 Å². The molecule has 0 N–H and O–H groups in total. The Labute approximate surface area is 200 Å². The third-order valence-electron chi connectivity index (χ3n) is 4.87. The first-order chi connectivity index (χ1) is 15.9. The number of rotatable bonds is 8. The van der Waals surface area contributed by atoms with E-state index in [4.69, 9.17) is 13.9 Å². The number of ether oxygens (including phenoxy) is 2. The Morgan fingerprint density at radius 3 is 2.73 bits per heavy atom. The lowest BCUT2D eigenvalue weighted by molar-refractivity contribution is -0.402. The van der Waals surface area contributed by atoms with Gasteiger partial charge in [-0.1, -0.05) is 28.1 Å². The third-order valence-corrected chi connectivity index (χ3v) is 6.27. The largest absolute Gasteiger partial charge is 0.450 e. The number of hydrogen-bond acceptors (Lipinski definition) is 9. The molecule has 12 heteroatoms. The van der Waals surface area contributed by atoms with E-state index in [1.807, 2.05) is 29.6 Å². The molecule has 3 heterocycles. The Balaban J connectivity index is 1.47. The average molecular weight is 536 g/mol. The van der Waals surface area contributed by atoms with Crippen LogP contribution in [0, 0.1) is 10.1 Å². The maximum Gasteiger partial charge on any atom is 0.433 e. The van der Waals surface area contributed by atoms with Crippen molar-refractivity contribution in [3.8, 4) is 11.3 Å². The molecule has 4 rings (SSSR count). The number of hydrogen-bond donors (Lipinski definition) is 0. The molecule has 0 aliphatic carbocycles. The molecule has 33 heavy (non-hydrogen) atoms. The van der Waals surface area contributed by atoms with Crippen LogP contribution in [0.3, 0.4) is 0 Å². The van der Waals surface area contributed by atoms with Gasteiger partial charge >= 0.3 is 11.9 Å². The molecular weight excluding hydrogens is 518 g/mol. The Bertz CT molecular complexity index is 1150. The predicted molar refractivity (Wildman–Crippen MR) is 122 cm³/mol. The first-order valence-electron chi connectivity index (χ1n) is 9.95. The molecular formula is C21H18BrN3O7S. The summed E-state index contributed by atoms with van der Waals surface area (Å²) in [6, 6.07) is 9.81. The van der Waals surface area contributed by atoms with E-state index in [-0.39, 0.29) is 18.4 Å². The number of anilines is 1. The zero-order valence-electron chi connectivity index (χ0n) is 17.1. The molecule has 0 bridgehead atoms. The van der Waals surface area contributed by atoms with Gasteiger partial charge in [0.05, 0.1) is 24.4 Å². The summed E-state index contributed by atoms with van der Waals surface area (Å²) in [6.45, 7) is 0.324. The van der Waals surface area contributed by atoms with Gasteiger partial charge in [-0.25, -0.2) is 9.78 Å². The zero-order valence-corrected chi connectivity index (χ0v) is 19.5. The predicted octanol–water partition coefficient (Wildman–Crippen LogP) is 4.44. The SMILES string of the molecule is O=C(OCC(=O)N(C[C@H]1CCCO1)c1nc(-c2ccc(Br)cc2)cs1)c1ccc([N+](=O)[O-])o1. The number of esters is 1. The Morgan fingerprint density at radius 1 is 1.27 bits per heavy atom. The lowest BCUT2D eigenvalue weighted by atomic mass is 10.2. The van der Waals surface area contributed by atoms with E-state index in [1.165, 1.54) is 16.2 Å². The lowest BCUT2D eigenvalue weighted by Crippen LogP contribution is -2.40. The normalized spacial score (nSPS) is 15.4. The number of halogens is 1. The van der Waals surface area contributed by atoms with Gasteiger partial charge in [-0.2, -0.15) is 0 Å². The molecule has 1 fully saturated rings. The van der Waals surface area contributed by atoms with Gasteiger partial charge < -0.3 is 13.9 Å². The van der Waals surface area contributed by atoms with E-state index in [1.54, 1.807) is 0 Å². The molecule has 1 amide bonds. The molecule has 0 unspecified atom stereocenters. The fourth-order valence-corrected chi connectivity index (χ4v) is 4.36. The number of benzene rings is 1. The van der Waals surface area contributed by atoms with Gasteiger partial charge in [0.1, 0.15) is 4.92 Å². The molecule has 0 radical (unpaired) electrons. The topological polar surface area (TPSA) is 125 Å². The van der Waals surface area contributed by atoms with Gasteiger partial charge in [0, 0.05) is 22.0 Å². The molecule has 3 aromatic rings. The highest BCUT2D eigenvalue weighted by atomic mass is 79.9. The van der Waals surface area contributed by atoms with Gasteiger partial charge in [0.15, 0.2) is 11.7 Å². The summed E-state index contributed by atoms with van der Waals surface area (Å²) in [5.41, 5.74) is 1.61. The van der Waals surface area contributed by atoms with Crippen molar-refractivity contribution >= 4 is 50.2 Å². The number of carbonyl (C=O) groups is 2. The fraction of sp³-hybridized carbons (Fsp3) is 0.286. The van der Waals surface area contributed by atoms with Gasteiger partial charge in [-0.15, -0.1) is 11.3 Å². The Morgan fingerprint density at radius 2 is 2.06 bits per heavy atom. The molecule has 0 spiro atoms. The highest BCUT2D eigenvalue weighted by Gasteiger charge is 2.27. The molecule has 1 aliphatic heterocycles. The number of aromatic nitrogens is 1. The highest BCUT2D eigenvalue weighted by Crippen LogP contribution is 2.29. The fourth-order valence-electron chi connectivity index (χ4n) is 3.23. The summed E-state index contributed by atoms with van der Waals surface area (Å²) in [6.07, 6.45) is 1.57. The van der Waals surface area contributed by atoms with E-state index >= 15 is 0 Å². The van der Waals surface area contributed by atoms with Gasteiger partial charge in [-0.05, 0) is 31.0 Å². The Kier molecular flexibility index (Phi) is 7.16. The average Bonchev–Trinajstić information content (AvgIpc) is 3.57. The van der Waals surface area contributed by atoms with E-state index in [0.717, 1.165) is 35.0 Å². The maximum absolute atomic E-state index is 13.0. The van der Waals surface area contributed by atoms with Crippen LogP contribution in [0.5, 0.6) is 0 Å². The van der Waals surface area contributed by atoms with Crippen LogP contribution in [0.15, 0.2) is 50.7 Å². The number of thiazole rings is 1. The van der Waals surface area contributed by atoms with Crippen LogP contribution in [0.1, 0.15) is 23.4 Å². The van der Waals surface area contributed by atoms with Crippen molar-refractivity contribution in [1.29, 1.82) is 0 Å². The summed E-state index contributed by atoms with van der Waals surface area (Å²) in [7, 11) is 0. The summed E-state index contributed by atoms with van der Waals surface area (Å²) in [4.78, 5) is 41.1. The third kappa shape index (κ3) is 5.64. The van der Waals surface area contributed by atoms with Crippen LogP contribution in [0.2, 0.25) is 0 Å². The quantitative estimate of drug-likeness (QED) is 0.235. The monoisotopic (exact) mass is 535 g/mol. The van der Waals surface area contributed by atoms with E-state index in [9.17, 15) is 19.7 Å². The van der Waals surface area contributed by atoms with Gasteiger partial charge in [0.25, 0.3) is 5.91 Å². The van der Waals surface area contributed by atoms with Crippen LogP contribution in [-0.2, 0) is 14.3 Å². The summed E-state index contributed by atoms with van der Waals surface area (Å²) in [5, 5.41) is 13.0. The first kappa shape index (κ1) is 23.1.